The lowest BCUT2D eigenvalue weighted by molar-refractivity contribution is 0.331. The second-order valence-electron chi connectivity index (χ2n) is 3.04. The Balaban J connectivity index is 1.94. The van der Waals surface area contributed by atoms with Gasteiger partial charge in [0.2, 0.25) is 0 Å². The van der Waals surface area contributed by atoms with E-state index in [0.29, 0.717) is 0 Å². The van der Waals surface area contributed by atoms with Gasteiger partial charge in [-0.2, -0.15) is 0 Å². The normalized spacial score (nSPS) is 18.8. The molecule has 12 heavy (non-hydrogen) atoms. The molecule has 1 aromatic heterocycles. The quantitative estimate of drug-likeness (QED) is 0.732. The average Bonchev–Trinajstić information content (AvgIpc) is 2.63. The molecule has 2 rings (SSSR count). The van der Waals surface area contributed by atoms with Gasteiger partial charge in [0.25, 0.3) is 0 Å². The molecule has 0 atom stereocenters. The Morgan fingerprint density at radius 3 is 2.83 bits per heavy atom. The van der Waals surface area contributed by atoms with Gasteiger partial charge in [-0.3, -0.25) is 4.90 Å². The van der Waals surface area contributed by atoms with Crippen LogP contribution in [0.15, 0.2) is 6.20 Å². The van der Waals surface area contributed by atoms with E-state index in [2.05, 4.69) is 9.88 Å². The van der Waals surface area contributed by atoms with Crippen LogP contribution in [0.1, 0.15) is 17.8 Å². The zero-order chi connectivity index (χ0) is 8.39. The first-order valence-electron chi connectivity index (χ1n) is 4.17. The van der Waals surface area contributed by atoms with E-state index < -0.39 is 0 Å². The molecule has 1 aromatic rings. The Morgan fingerprint density at radius 1 is 1.50 bits per heavy atom. The van der Waals surface area contributed by atoms with Crippen molar-refractivity contribution < 1.29 is 0 Å². The van der Waals surface area contributed by atoms with E-state index in [1.807, 2.05) is 0 Å². The lowest BCUT2D eigenvalue weighted by Gasteiger charge is -2.11. The van der Waals surface area contributed by atoms with Crippen LogP contribution < -0.4 is 0 Å². The molecular weight excluding hydrogens is 192 g/mol. The van der Waals surface area contributed by atoms with E-state index in [0.717, 1.165) is 15.9 Å². The number of rotatable bonds is 2. The number of likely N-dealkylation sites (tertiary alicyclic amines) is 1. The van der Waals surface area contributed by atoms with Crippen LogP contribution in [-0.2, 0) is 6.54 Å². The molecule has 66 valence electrons. The van der Waals surface area contributed by atoms with Crippen LogP contribution in [-0.4, -0.2) is 23.0 Å². The third-order valence-electron chi connectivity index (χ3n) is 2.08. The molecule has 0 saturated carbocycles. The first-order chi connectivity index (χ1) is 5.84. The van der Waals surface area contributed by atoms with Gasteiger partial charge < -0.3 is 0 Å². The molecule has 0 spiro atoms. The zero-order valence-corrected chi connectivity index (χ0v) is 8.37. The van der Waals surface area contributed by atoms with E-state index in [9.17, 15) is 0 Å². The number of halogens is 1. The van der Waals surface area contributed by atoms with Crippen LogP contribution in [0.4, 0.5) is 0 Å². The molecular formula is C8H11ClN2S. The standard InChI is InChI=1S/C8H11ClN2S/c9-7-5-10-8(12-7)6-11-3-1-2-4-11/h5H,1-4,6H2. The highest BCUT2D eigenvalue weighted by molar-refractivity contribution is 7.15. The summed E-state index contributed by atoms with van der Waals surface area (Å²) in [6.07, 6.45) is 4.40. The summed E-state index contributed by atoms with van der Waals surface area (Å²) in [6.45, 7) is 3.42. The minimum atomic E-state index is 0.796. The molecule has 4 heteroatoms. The van der Waals surface area contributed by atoms with Gasteiger partial charge in [-0.1, -0.05) is 11.6 Å². The first-order valence-corrected chi connectivity index (χ1v) is 5.36. The van der Waals surface area contributed by atoms with Gasteiger partial charge in [0.05, 0.1) is 12.7 Å². The lowest BCUT2D eigenvalue weighted by Crippen LogP contribution is -2.17. The molecule has 0 aromatic carbocycles. The summed E-state index contributed by atoms with van der Waals surface area (Å²) >= 11 is 7.37. The number of nitrogens with zero attached hydrogens (tertiary/aromatic N) is 2. The van der Waals surface area contributed by atoms with Crippen molar-refractivity contribution in [3.05, 3.63) is 15.5 Å². The Morgan fingerprint density at radius 2 is 2.25 bits per heavy atom. The number of thiazole rings is 1. The maximum Gasteiger partial charge on any atom is 0.113 e. The zero-order valence-electron chi connectivity index (χ0n) is 6.79. The summed E-state index contributed by atoms with van der Waals surface area (Å²) in [5, 5.41) is 1.14. The van der Waals surface area contributed by atoms with E-state index >= 15 is 0 Å². The average molecular weight is 203 g/mol. The number of hydrogen-bond acceptors (Lipinski definition) is 3. The van der Waals surface area contributed by atoms with Gasteiger partial charge in [0, 0.05) is 0 Å². The van der Waals surface area contributed by atoms with Crippen molar-refractivity contribution in [2.45, 2.75) is 19.4 Å². The largest absolute Gasteiger partial charge is 0.297 e. The van der Waals surface area contributed by atoms with E-state index in [4.69, 9.17) is 11.6 Å². The van der Waals surface area contributed by atoms with Crippen molar-refractivity contribution in [3.8, 4) is 0 Å². The molecule has 2 nitrogen and oxygen atoms in total. The van der Waals surface area contributed by atoms with Crippen molar-refractivity contribution in [2.75, 3.05) is 13.1 Å². The number of hydrogen-bond donors (Lipinski definition) is 0. The molecule has 1 fully saturated rings. The fraction of sp³-hybridized carbons (Fsp3) is 0.625. The molecule has 0 unspecified atom stereocenters. The fourth-order valence-electron chi connectivity index (χ4n) is 1.49. The van der Waals surface area contributed by atoms with Crippen molar-refractivity contribution >= 4 is 22.9 Å². The van der Waals surface area contributed by atoms with Crippen LogP contribution in [0.3, 0.4) is 0 Å². The molecule has 2 heterocycles. The summed E-state index contributed by atoms with van der Waals surface area (Å²) in [4.78, 5) is 6.65. The van der Waals surface area contributed by atoms with Crippen LogP contribution in [0.2, 0.25) is 4.34 Å². The summed E-state index contributed by atoms with van der Waals surface area (Å²) in [5.41, 5.74) is 0. The minimum absolute atomic E-state index is 0.796. The van der Waals surface area contributed by atoms with E-state index in [1.165, 1.54) is 25.9 Å². The van der Waals surface area contributed by atoms with Gasteiger partial charge in [-0.25, -0.2) is 4.98 Å². The predicted octanol–water partition coefficient (Wildman–Crippen LogP) is 2.39. The Bertz CT molecular complexity index is 255. The summed E-state index contributed by atoms with van der Waals surface area (Å²) in [6, 6.07) is 0. The Hall–Kier alpha value is -0.120. The Labute approximate surface area is 81.2 Å². The van der Waals surface area contributed by atoms with Gasteiger partial charge in [0.15, 0.2) is 0 Å². The predicted molar refractivity (Wildman–Crippen MR) is 51.6 cm³/mol. The smallest absolute Gasteiger partial charge is 0.113 e. The first kappa shape index (κ1) is 8.48. The SMILES string of the molecule is Clc1cnc(CN2CCCC2)s1. The Kier molecular flexibility index (Phi) is 2.63. The molecule has 0 amide bonds. The highest BCUT2D eigenvalue weighted by atomic mass is 35.5. The van der Waals surface area contributed by atoms with Crippen LogP contribution in [0.5, 0.6) is 0 Å². The van der Waals surface area contributed by atoms with Crippen molar-refractivity contribution in [2.24, 2.45) is 0 Å². The van der Waals surface area contributed by atoms with Crippen molar-refractivity contribution in [1.82, 2.24) is 9.88 Å². The summed E-state index contributed by atoms with van der Waals surface area (Å²) in [5.74, 6) is 0. The maximum atomic E-state index is 5.78. The second kappa shape index (κ2) is 3.73. The van der Waals surface area contributed by atoms with Crippen LogP contribution in [0.25, 0.3) is 0 Å². The molecule has 0 N–H and O–H groups in total. The summed E-state index contributed by atoms with van der Waals surface area (Å²) in [7, 11) is 0. The van der Waals surface area contributed by atoms with E-state index in [-0.39, 0.29) is 0 Å². The minimum Gasteiger partial charge on any atom is -0.297 e. The molecule has 0 aliphatic carbocycles. The third kappa shape index (κ3) is 1.97. The highest BCUT2D eigenvalue weighted by Crippen LogP contribution is 2.21. The molecule has 0 radical (unpaired) electrons. The van der Waals surface area contributed by atoms with Gasteiger partial charge in [-0.05, 0) is 25.9 Å². The van der Waals surface area contributed by atoms with Crippen molar-refractivity contribution in [1.29, 1.82) is 0 Å². The molecule has 0 bridgehead atoms. The second-order valence-corrected chi connectivity index (χ2v) is 4.79. The molecule has 1 aliphatic heterocycles. The topological polar surface area (TPSA) is 16.1 Å². The highest BCUT2D eigenvalue weighted by Gasteiger charge is 2.13. The van der Waals surface area contributed by atoms with Crippen LogP contribution in [0, 0.1) is 0 Å². The van der Waals surface area contributed by atoms with Gasteiger partial charge in [-0.15, -0.1) is 11.3 Å². The molecule has 1 aliphatic rings. The van der Waals surface area contributed by atoms with Crippen LogP contribution >= 0.6 is 22.9 Å². The summed E-state index contributed by atoms with van der Waals surface area (Å²) < 4.78 is 0.796. The lowest BCUT2D eigenvalue weighted by atomic mass is 10.4. The number of aromatic nitrogens is 1. The fourth-order valence-corrected chi connectivity index (χ4v) is 2.49. The van der Waals surface area contributed by atoms with Gasteiger partial charge in [0.1, 0.15) is 9.34 Å². The molecule has 1 saturated heterocycles. The van der Waals surface area contributed by atoms with Gasteiger partial charge >= 0.3 is 0 Å². The monoisotopic (exact) mass is 202 g/mol. The van der Waals surface area contributed by atoms with Crippen molar-refractivity contribution in [3.63, 3.8) is 0 Å². The van der Waals surface area contributed by atoms with E-state index in [1.54, 1.807) is 17.5 Å². The maximum absolute atomic E-state index is 5.78. The third-order valence-corrected chi connectivity index (χ3v) is 3.18.